The zero-order chi connectivity index (χ0) is 15.8. The molecule has 0 aromatic heterocycles. The van der Waals surface area contributed by atoms with E-state index in [-0.39, 0.29) is 37.1 Å². The van der Waals surface area contributed by atoms with Crippen molar-refractivity contribution in [2.45, 2.75) is 58.2 Å². The fourth-order valence-electron chi connectivity index (χ4n) is 1.85. The van der Waals surface area contributed by atoms with Crippen molar-refractivity contribution in [2.24, 2.45) is 0 Å². The van der Waals surface area contributed by atoms with E-state index in [9.17, 15) is 16.8 Å². The quantitative estimate of drug-likeness (QED) is 0.266. The van der Waals surface area contributed by atoms with Crippen LogP contribution in [0.25, 0.3) is 0 Å². The first-order valence-corrected chi connectivity index (χ1v) is 9.81. The molecule has 0 rings (SSSR count). The van der Waals surface area contributed by atoms with E-state index in [1.807, 2.05) is 0 Å². The Bertz CT molecular complexity index is 433. The zero-order valence-corrected chi connectivity index (χ0v) is 16.5. The average Bonchev–Trinajstić information content (AvgIpc) is 2.19. The SMILES string of the molecule is CCCCCCC(C)OC(CS(=O)(=O)O)CS(=O)(=O)O.[H-].[Na+]. The molecule has 7 nitrogen and oxygen atoms in total. The molecule has 0 aromatic carbocycles. The van der Waals surface area contributed by atoms with E-state index >= 15 is 0 Å². The van der Waals surface area contributed by atoms with E-state index in [2.05, 4.69) is 6.92 Å². The van der Waals surface area contributed by atoms with Crippen LogP contribution in [0.5, 0.6) is 0 Å². The van der Waals surface area contributed by atoms with Gasteiger partial charge < -0.3 is 6.16 Å². The first-order valence-electron chi connectivity index (χ1n) is 6.59. The van der Waals surface area contributed by atoms with Crippen molar-refractivity contribution >= 4 is 20.2 Å². The van der Waals surface area contributed by atoms with Gasteiger partial charge in [0, 0.05) is 0 Å². The predicted octanol–water partition coefficient (Wildman–Crippen LogP) is -1.38. The van der Waals surface area contributed by atoms with Crippen molar-refractivity contribution in [1.29, 1.82) is 0 Å². The van der Waals surface area contributed by atoms with E-state index < -0.39 is 37.8 Å². The Morgan fingerprint density at radius 3 is 1.86 bits per heavy atom. The van der Waals surface area contributed by atoms with E-state index in [0.29, 0.717) is 6.42 Å². The van der Waals surface area contributed by atoms with Gasteiger partial charge in [0.1, 0.15) is 11.5 Å². The molecule has 2 N–H and O–H groups in total. The molecule has 0 saturated heterocycles. The van der Waals surface area contributed by atoms with Crippen molar-refractivity contribution < 1.29 is 61.7 Å². The average molecular weight is 356 g/mol. The molecule has 0 aromatic rings. The van der Waals surface area contributed by atoms with Gasteiger partial charge in [0.05, 0.1) is 12.2 Å². The number of unbranched alkanes of at least 4 members (excludes halogenated alkanes) is 3. The normalized spacial score (nSPS) is 14.0. The smallest absolute Gasteiger partial charge is 1.00 e. The summed E-state index contributed by atoms with van der Waals surface area (Å²) in [5.74, 6) is -1.71. The third-order valence-corrected chi connectivity index (χ3v) is 4.27. The van der Waals surface area contributed by atoms with Gasteiger partial charge >= 0.3 is 29.6 Å². The minimum Gasteiger partial charge on any atom is -1.00 e. The van der Waals surface area contributed by atoms with Crippen LogP contribution in [0.3, 0.4) is 0 Å². The van der Waals surface area contributed by atoms with Gasteiger partial charge in [0.25, 0.3) is 20.2 Å². The fraction of sp³-hybridized carbons (Fsp3) is 1.00. The Morgan fingerprint density at radius 2 is 1.48 bits per heavy atom. The molecule has 0 radical (unpaired) electrons. The van der Waals surface area contributed by atoms with E-state index in [0.717, 1.165) is 25.7 Å². The van der Waals surface area contributed by atoms with Crippen molar-refractivity contribution in [1.82, 2.24) is 0 Å². The first-order chi connectivity index (χ1) is 9.03. The summed E-state index contributed by atoms with van der Waals surface area (Å²) in [6.07, 6.45) is 3.12. The molecule has 0 amide bonds. The fourth-order valence-corrected chi connectivity index (χ4v) is 3.33. The molecule has 0 bridgehead atoms. The molecule has 0 spiro atoms. The predicted molar refractivity (Wildman–Crippen MR) is 77.0 cm³/mol. The molecule has 10 heteroatoms. The first kappa shape index (κ1) is 24.0. The van der Waals surface area contributed by atoms with Gasteiger partial charge in [0.2, 0.25) is 0 Å². The standard InChI is InChI=1S/C11H24O7S2.Na.H/c1-3-4-5-6-7-10(2)18-11(8-19(12,13)14)9-20(15,16)17;;/h10-11H,3-9H2,1-2H3,(H,12,13,14)(H,15,16,17);;/q;+1;-1. The second kappa shape index (κ2) is 11.3. The Hall–Kier alpha value is 0.780. The van der Waals surface area contributed by atoms with Gasteiger partial charge in [-0.05, 0) is 13.3 Å². The molecule has 0 heterocycles. The van der Waals surface area contributed by atoms with Crippen molar-refractivity contribution in [3.63, 3.8) is 0 Å². The molecular weight excluding hydrogens is 331 g/mol. The Balaban J connectivity index is -0.00000180. The Labute approximate surface area is 151 Å². The molecule has 0 fully saturated rings. The molecule has 124 valence electrons. The van der Waals surface area contributed by atoms with Gasteiger partial charge in [-0.15, -0.1) is 0 Å². The van der Waals surface area contributed by atoms with Crippen LogP contribution in [0, 0.1) is 0 Å². The summed E-state index contributed by atoms with van der Waals surface area (Å²) in [4.78, 5) is 0. The summed E-state index contributed by atoms with van der Waals surface area (Å²) < 4.78 is 66.1. The topological polar surface area (TPSA) is 118 Å². The maximum absolute atomic E-state index is 10.8. The largest absolute Gasteiger partial charge is 1.00 e. The van der Waals surface area contributed by atoms with Crippen LogP contribution < -0.4 is 29.6 Å². The van der Waals surface area contributed by atoms with Crippen LogP contribution in [-0.2, 0) is 25.0 Å². The van der Waals surface area contributed by atoms with Crippen LogP contribution in [0.4, 0.5) is 0 Å². The number of ether oxygens (including phenoxy) is 1. The monoisotopic (exact) mass is 356 g/mol. The third-order valence-electron chi connectivity index (χ3n) is 2.68. The maximum atomic E-state index is 10.8. The number of hydrogen-bond donors (Lipinski definition) is 2. The molecular formula is C11H25NaO7S2. The van der Waals surface area contributed by atoms with Crippen molar-refractivity contribution in [3.8, 4) is 0 Å². The summed E-state index contributed by atoms with van der Waals surface area (Å²) in [5, 5.41) is 0. The molecule has 0 aliphatic heterocycles. The van der Waals surface area contributed by atoms with Crippen LogP contribution in [-0.4, -0.2) is 49.7 Å². The van der Waals surface area contributed by atoms with Gasteiger partial charge in [-0.2, -0.15) is 16.8 Å². The van der Waals surface area contributed by atoms with Gasteiger partial charge in [0.15, 0.2) is 0 Å². The third kappa shape index (κ3) is 17.0. The molecule has 21 heavy (non-hydrogen) atoms. The summed E-state index contributed by atoms with van der Waals surface area (Å²) in [6.45, 7) is 3.78. The summed E-state index contributed by atoms with van der Waals surface area (Å²) in [6, 6.07) is 0. The summed E-state index contributed by atoms with van der Waals surface area (Å²) in [7, 11) is -8.74. The maximum Gasteiger partial charge on any atom is 1.00 e. The van der Waals surface area contributed by atoms with Gasteiger partial charge in [-0.25, -0.2) is 0 Å². The molecule has 0 aliphatic rings. The summed E-state index contributed by atoms with van der Waals surface area (Å²) in [5.41, 5.74) is 0. The Kier molecular flexibility index (Phi) is 13.0. The van der Waals surface area contributed by atoms with Gasteiger partial charge in [-0.1, -0.05) is 32.6 Å². The van der Waals surface area contributed by atoms with E-state index in [4.69, 9.17) is 13.8 Å². The van der Waals surface area contributed by atoms with E-state index in [1.54, 1.807) is 6.92 Å². The summed E-state index contributed by atoms with van der Waals surface area (Å²) >= 11 is 0. The Morgan fingerprint density at radius 1 is 1.00 bits per heavy atom. The van der Waals surface area contributed by atoms with Crippen LogP contribution in [0.15, 0.2) is 0 Å². The second-order valence-corrected chi connectivity index (χ2v) is 7.91. The van der Waals surface area contributed by atoms with E-state index in [1.165, 1.54) is 0 Å². The minimum atomic E-state index is -4.37. The van der Waals surface area contributed by atoms with Crippen molar-refractivity contribution in [2.75, 3.05) is 11.5 Å². The molecule has 0 saturated carbocycles. The number of rotatable bonds is 11. The van der Waals surface area contributed by atoms with Crippen LogP contribution >= 0.6 is 0 Å². The van der Waals surface area contributed by atoms with Crippen molar-refractivity contribution in [3.05, 3.63) is 0 Å². The number of hydrogen-bond acceptors (Lipinski definition) is 5. The van der Waals surface area contributed by atoms with Crippen LogP contribution in [0.2, 0.25) is 0 Å². The molecule has 1 unspecified atom stereocenters. The zero-order valence-electron chi connectivity index (χ0n) is 13.9. The molecule has 0 aliphatic carbocycles. The minimum absolute atomic E-state index is 0. The van der Waals surface area contributed by atoms with Gasteiger partial charge in [-0.3, -0.25) is 9.11 Å². The molecule has 1 atom stereocenters. The van der Waals surface area contributed by atoms with Crippen LogP contribution in [0.1, 0.15) is 47.4 Å². The second-order valence-electron chi connectivity index (χ2n) is 4.92.